The summed E-state index contributed by atoms with van der Waals surface area (Å²) in [5.74, 6) is 2.43. The SMILES string of the molecule is CNc1cc(Sc2nccs2)nc(C2CC2)n1. The molecule has 88 valence electrons. The first kappa shape index (κ1) is 11.0. The Labute approximate surface area is 108 Å². The predicted octanol–water partition coefficient (Wildman–Crippen LogP) is 3.00. The van der Waals surface area contributed by atoms with Crippen molar-refractivity contribution < 1.29 is 0 Å². The van der Waals surface area contributed by atoms with Crippen molar-refractivity contribution in [1.82, 2.24) is 15.0 Å². The highest BCUT2D eigenvalue weighted by Gasteiger charge is 2.27. The van der Waals surface area contributed by atoms with Crippen LogP contribution in [0.2, 0.25) is 0 Å². The number of nitrogens with one attached hydrogen (secondary N) is 1. The van der Waals surface area contributed by atoms with Crippen molar-refractivity contribution in [2.24, 2.45) is 0 Å². The van der Waals surface area contributed by atoms with Crippen molar-refractivity contribution in [2.45, 2.75) is 28.1 Å². The van der Waals surface area contributed by atoms with Crippen LogP contribution in [0.15, 0.2) is 27.0 Å². The fourth-order valence-corrected chi connectivity index (χ4v) is 3.07. The van der Waals surface area contributed by atoms with Gasteiger partial charge in [0.1, 0.15) is 16.7 Å². The van der Waals surface area contributed by atoms with Gasteiger partial charge < -0.3 is 5.32 Å². The summed E-state index contributed by atoms with van der Waals surface area (Å²) in [4.78, 5) is 13.3. The van der Waals surface area contributed by atoms with Gasteiger partial charge in [-0.05, 0) is 24.6 Å². The van der Waals surface area contributed by atoms with Crippen LogP contribution in [0.4, 0.5) is 5.82 Å². The molecule has 6 heteroatoms. The van der Waals surface area contributed by atoms with Crippen LogP contribution in [0.5, 0.6) is 0 Å². The maximum Gasteiger partial charge on any atom is 0.156 e. The summed E-state index contributed by atoms with van der Waals surface area (Å²) in [6, 6.07) is 1.97. The van der Waals surface area contributed by atoms with Crippen LogP contribution >= 0.6 is 23.1 Å². The largest absolute Gasteiger partial charge is 0.373 e. The van der Waals surface area contributed by atoms with Gasteiger partial charge in [-0.3, -0.25) is 0 Å². The molecule has 1 aliphatic rings. The minimum atomic E-state index is 0.568. The fraction of sp³-hybridized carbons (Fsp3) is 0.364. The van der Waals surface area contributed by atoms with Crippen LogP contribution < -0.4 is 5.32 Å². The fourth-order valence-electron chi connectivity index (χ4n) is 1.50. The van der Waals surface area contributed by atoms with Crippen LogP contribution in [-0.4, -0.2) is 22.0 Å². The number of thiazole rings is 1. The van der Waals surface area contributed by atoms with Gasteiger partial charge in [-0.15, -0.1) is 11.3 Å². The molecule has 1 aliphatic carbocycles. The molecule has 0 aromatic carbocycles. The van der Waals surface area contributed by atoms with Crippen LogP contribution in [0.1, 0.15) is 24.6 Å². The van der Waals surface area contributed by atoms with Gasteiger partial charge >= 0.3 is 0 Å². The molecule has 0 saturated heterocycles. The van der Waals surface area contributed by atoms with Crippen molar-refractivity contribution in [1.29, 1.82) is 0 Å². The lowest BCUT2D eigenvalue weighted by Crippen LogP contribution is -1.99. The van der Waals surface area contributed by atoms with E-state index in [0.29, 0.717) is 5.92 Å². The van der Waals surface area contributed by atoms with E-state index in [1.54, 1.807) is 23.1 Å². The van der Waals surface area contributed by atoms with Gasteiger partial charge in [-0.25, -0.2) is 15.0 Å². The predicted molar refractivity (Wildman–Crippen MR) is 69.8 cm³/mol. The summed E-state index contributed by atoms with van der Waals surface area (Å²) in [5, 5.41) is 6.04. The second-order valence-electron chi connectivity index (χ2n) is 3.87. The Kier molecular flexibility index (Phi) is 2.98. The number of hydrogen-bond donors (Lipinski definition) is 1. The quantitative estimate of drug-likeness (QED) is 0.860. The highest BCUT2D eigenvalue weighted by atomic mass is 32.2. The Hall–Kier alpha value is -1.14. The first-order chi connectivity index (χ1) is 8.35. The summed E-state index contributed by atoms with van der Waals surface area (Å²) in [7, 11) is 1.89. The van der Waals surface area contributed by atoms with Crippen LogP contribution in [0, 0.1) is 0 Å². The van der Waals surface area contributed by atoms with E-state index in [2.05, 4.69) is 20.3 Å². The topological polar surface area (TPSA) is 50.7 Å². The molecule has 3 rings (SSSR count). The van der Waals surface area contributed by atoms with Crippen molar-refractivity contribution in [2.75, 3.05) is 12.4 Å². The molecule has 0 radical (unpaired) electrons. The third kappa shape index (κ3) is 2.58. The van der Waals surface area contributed by atoms with E-state index in [4.69, 9.17) is 0 Å². The van der Waals surface area contributed by atoms with Gasteiger partial charge in [0.2, 0.25) is 0 Å². The third-order valence-electron chi connectivity index (χ3n) is 2.52. The van der Waals surface area contributed by atoms with Gasteiger partial charge in [-0.1, -0.05) is 0 Å². The highest BCUT2D eigenvalue weighted by molar-refractivity contribution is 8.01. The molecule has 0 unspecified atom stereocenters. The molecular weight excluding hydrogens is 252 g/mol. The summed E-state index contributed by atoms with van der Waals surface area (Å²) >= 11 is 3.23. The Morgan fingerprint density at radius 3 is 2.94 bits per heavy atom. The number of nitrogens with zero attached hydrogens (tertiary/aromatic N) is 3. The van der Waals surface area contributed by atoms with Gasteiger partial charge in [0.15, 0.2) is 4.34 Å². The molecule has 0 bridgehead atoms. The zero-order valence-electron chi connectivity index (χ0n) is 9.38. The molecule has 0 atom stereocenters. The first-order valence-electron chi connectivity index (χ1n) is 5.49. The molecule has 2 aromatic heterocycles. The van der Waals surface area contributed by atoms with E-state index >= 15 is 0 Å². The molecule has 1 fully saturated rings. The summed E-state index contributed by atoms with van der Waals surface area (Å²) in [5.41, 5.74) is 0. The van der Waals surface area contributed by atoms with Gasteiger partial charge in [-0.2, -0.15) is 0 Å². The normalized spacial score (nSPS) is 14.9. The van der Waals surface area contributed by atoms with Gasteiger partial charge in [0, 0.05) is 30.6 Å². The maximum absolute atomic E-state index is 4.60. The molecule has 0 aliphatic heterocycles. The minimum absolute atomic E-state index is 0.568. The Morgan fingerprint density at radius 1 is 1.41 bits per heavy atom. The highest BCUT2D eigenvalue weighted by Crippen LogP contribution is 2.39. The lowest BCUT2D eigenvalue weighted by molar-refractivity contribution is 0.880. The molecule has 0 amide bonds. The smallest absolute Gasteiger partial charge is 0.156 e. The maximum atomic E-state index is 4.60. The first-order valence-corrected chi connectivity index (χ1v) is 7.19. The zero-order valence-corrected chi connectivity index (χ0v) is 11.0. The summed E-state index contributed by atoms with van der Waals surface area (Å²) in [6.07, 6.45) is 4.25. The van der Waals surface area contributed by atoms with Crippen molar-refractivity contribution in [3.63, 3.8) is 0 Å². The average molecular weight is 264 g/mol. The van der Waals surface area contributed by atoms with Crippen molar-refractivity contribution >= 4 is 28.9 Å². The van der Waals surface area contributed by atoms with Gasteiger partial charge in [0.05, 0.1) is 0 Å². The Bertz CT molecular complexity index is 508. The number of rotatable bonds is 4. The Balaban J connectivity index is 1.89. The number of hydrogen-bond acceptors (Lipinski definition) is 6. The molecular formula is C11H12N4S2. The number of aromatic nitrogens is 3. The van der Waals surface area contributed by atoms with Gasteiger partial charge in [0.25, 0.3) is 0 Å². The monoisotopic (exact) mass is 264 g/mol. The van der Waals surface area contributed by atoms with Crippen LogP contribution in [-0.2, 0) is 0 Å². The molecule has 17 heavy (non-hydrogen) atoms. The summed E-state index contributed by atoms with van der Waals surface area (Å²) in [6.45, 7) is 0. The molecule has 2 aromatic rings. The van der Waals surface area contributed by atoms with Crippen molar-refractivity contribution in [3.05, 3.63) is 23.5 Å². The zero-order chi connectivity index (χ0) is 11.7. The van der Waals surface area contributed by atoms with E-state index in [-0.39, 0.29) is 0 Å². The second kappa shape index (κ2) is 4.62. The van der Waals surface area contributed by atoms with Crippen LogP contribution in [0.3, 0.4) is 0 Å². The molecule has 4 nitrogen and oxygen atoms in total. The van der Waals surface area contributed by atoms with Crippen LogP contribution in [0.25, 0.3) is 0 Å². The van der Waals surface area contributed by atoms with E-state index < -0.39 is 0 Å². The van der Waals surface area contributed by atoms with E-state index in [1.807, 2.05) is 24.7 Å². The van der Waals surface area contributed by atoms with E-state index in [1.165, 1.54) is 12.8 Å². The molecule has 2 heterocycles. The lowest BCUT2D eigenvalue weighted by atomic mass is 10.4. The Morgan fingerprint density at radius 2 is 2.29 bits per heavy atom. The molecule has 0 spiro atoms. The molecule has 1 saturated carbocycles. The lowest BCUT2D eigenvalue weighted by Gasteiger charge is -2.05. The average Bonchev–Trinajstić information content (AvgIpc) is 3.09. The standard InChI is InChI=1S/C11H12N4S2/c1-12-8-6-9(17-11-13-4-5-16-11)15-10(14-8)7-2-3-7/h4-7H,2-3H2,1H3,(H,12,14,15). The van der Waals surface area contributed by atoms with Crippen molar-refractivity contribution in [3.8, 4) is 0 Å². The van der Waals surface area contributed by atoms with E-state index in [0.717, 1.165) is 21.0 Å². The molecule has 1 N–H and O–H groups in total. The summed E-state index contributed by atoms with van der Waals surface area (Å²) < 4.78 is 1.02. The van der Waals surface area contributed by atoms with E-state index in [9.17, 15) is 0 Å². The number of anilines is 1. The second-order valence-corrected chi connectivity index (χ2v) is 6.04. The third-order valence-corrected chi connectivity index (χ3v) is 4.32. The minimum Gasteiger partial charge on any atom is -0.373 e.